The van der Waals surface area contributed by atoms with Crippen LogP contribution in [0.1, 0.15) is 22.0 Å². The fraction of sp³-hybridized carbons (Fsp3) is 0. The lowest BCUT2D eigenvalue weighted by molar-refractivity contribution is 1.14. The van der Waals surface area contributed by atoms with Gasteiger partial charge < -0.3 is 9.13 Å². The highest BCUT2D eigenvalue weighted by molar-refractivity contribution is 7.27. The Morgan fingerprint density at radius 1 is 0.446 bits per heavy atom. The minimum Gasteiger partial charge on any atom is -0.318 e. The second-order valence-corrected chi connectivity index (χ2v) is 20.4. The van der Waals surface area contributed by atoms with Crippen molar-refractivity contribution in [3.8, 4) is 50.8 Å². The van der Waals surface area contributed by atoms with Crippen molar-refractivity contribution in [3.05, 3.63) is 235 Å². The van der Waals surface area contributed by atoms with Gasteiger partial charge in [0.05, 0.1) is 71.4 Å². The van der Waals surface area contributed by atoms with Crippen LogP contribution in [-0.2, 0) is 0 Å². The van der Waals surface area contributed by atoms with Gasteiger partial charge in [0.15, 0.2) is 0 Å². The number of benzene rings is 12. The second kappa shape index (κ2) is 15.5. The Balaban J connectivity index is 1.27. The van der Waals surface area contributed by atoms with Gasteiger partial charge >= 0.3 is 0 Å². The van der Waals surface area contributed by atoms with Crippen molar-refractivity contribution in [1.29, 1.82) is 5.26 Å². The number of nitriles is 1. The molecule has 0 bridgehead atoms. The van der Waals surface area contributed by atoms with Gasteiger partial charge in [-0.2, -0.15) is 5.26 Å². The molecule has 0 amide bonds. The van der Waals surface area contributed by atoms with Gasteiger partial charge in [0.25, 0.3) is 0 Å². The molecule has 4 nitrogen and oxygen atoms in total. The Kier molecular flexibility index (Phi) is 6.48. The van der Waals surface area contributed by atoms with Crippen molar-refractivity contribution in [2.45, 2.75) is 0 Å². The van der Waals surface area contributed by atoms with E-state index in [4.69, 9.17) is 6.85 Å². The molecule has 0 fully saturated rings. The highest BCUT2D eigenvalue weighted by Gasteiger charge is 2.34. The minimum atomic E-state index is -0.603. The summed E-state index contributed by atoms with van der Waals surface area (Å²) >= 11 is 2.62. The molecule has 0 aliphatic heterocycles. The molecular weight excluding hydrogens is 937 g/mol. The van der Waals surface area contributed by atoms with Crippen molar-refractivity contribution in [2.24, 2.45) is 0 Å². The van der Waals surface area contributed by atoms with Crippen LogP contribution in [0.3, 0.4) is 0 Å². The standard InChI is InChI=1S/C68H36N4S2/c1-70-62-57(40-21-7-3-8-22-40)52(38-69)63(58(41-23-9-4-10-24-41)65(62)71-53-31-17-29-46-42-25-11-12-26-43(42)47-30-18-32-54(71)61(47)60(46)53)72-64-49(36-35-48-44-27-13-15-33-55(44)73-67(48)64)59-50(39-19-5-2-6-20-39)37-51-45-28-14-16-34-56(45)74-68(51)66(59)72/h2-37H/i2D,5D,6D,14D,16D,17D,19D,20D,28D,29D,31D,34D. The molecule has 0 atom stereocenters. The molecule has 6 heteroatoms. The summed E-state index contributed by atoms with van der Waals surface area (Å²) in [6.07, 6.45) is 0. The fourth-order valence-corrected chi connectivity index (χ4v) is 14.2. The van der Waals surface area contributed by atoms with Crippen LogP contribution in [-0.4, -0.2) is 9.13 Å². The predicted molar refractivity (Wildman–Crippen MR) is 314 cm³/mol. The van der Waals surface area contributed by atoms with E-state index in [1.165, 1.54) is 11.3 Å². The molecule has 0 saturated heterocycles. The van der Waals surface area contributed by atoms with E-state index in [0.29, 0.717) is 70.3 Å². The zero-order valence-electron chi connectivity index (χ0n) is 50.5. The van der Waals surface area contributed by atoms with E-state index in [1.54, 1.807) is 6.07 Å². The summed E-state index contributed by atoms with van der Waals surface area (Å²) in [5.74, 6) is 0. The van der Waals surface area contributed by atoms with Crippen LogP contribution in [0, 0.1) is 17.9 Å². The Morgan fingerprint density at radius 3 is 1.86 bits per heavy atom. The fourth-order valence-electron chi connectivity index (χ4n) is 11.9. The van der Waals surface area contributed by atoms with Crippen molar-refractivity contribution < 1.29 is 16.4 Å². The summed E-state index contributed by atoms with van der Waals surface area (Å²) in [5, 5.41) is 19.8. The first kappa shape index (κ1) is 31.0. The summed E-state index contributed by atoms with van der Waals surface area (Å²) in [4.78, 5) is 4.48. The van der Waals surface area contributed by atoms with Crippen LogP contribution in [0.4, 0.5) is 5.69 Å². The van der Waals surface area contributed by atoms with Crippen molar-refractivity contribution in [2.75, 3.05) is 0 Å². The van der Waals surface area contributed by atoms with E-state index in [0.717, 1.165) is 47.7 Å². The third-order valence-electron chi connectivity index (χ3n) is 14.7. The smallest absolute Gasteiger partial charge is 0.220 e. The first-order valence-electron chi connectivity index (χ1n) is 29.8. The zero-order chi connectivity index (χ0) is 59.2. The van der Waals surface area contributed by atoms with Gasteiger partial charge in [-0.05, 0) is 74.1 Å². The first-order valence-corrected chi connectivity index (χ1v) is 25.4. The number of thiophene rings is 2. The molecular formula is C68H36N4S2. The lowest BCUT2D eigenvalue weighted by Gasteiger charge is -2.26. The van der Waals surface area contributed by atoms with E-state index in [9.17, 15) is 21.4 Å². The molecule has 0 unspecified atom stereocenters. The maximum absolute atomic E-state index is 12.5. The van der Waals surface area contributed by atoms with Gasteiger partial charge in [-0.1, -0.05) is 188 Å². The molecule has 4 aromatic heterocycles. The Labute approximate surface area is 448 Å². The molecule has 0 aliphatic rings. The molecule has 12 aromatic carbocycles. The zero-order valence-corrected chi connectivity index (χ0v) is 40.1. The van der Waals surface area contributed by atoms with Crippen LogP contribution in [0.2, 0.25) is 0 Å². The Morgan fingerprint density at radius 2 is 1.08 bits per heavy atom. The van der Waals surface area contributed by atoms with E-state index in [-0.39, 0.29) is 85.1 Å². The summed E-state index contributed by atoms with van der Waals surface area (Å²) in [6, 6.07) is 43.2. The van der Waals surface area contributed by atoms with Crippen molar-refractivity contribution in [1.82, 2.24) is 9.13 Å². The topological polar surface area (TPSA) is 38.0 Å². The average Bonchev–Trinajstić information content (AvgIpc) is 1.50. The highest BCUT2D eigenvalue weighted by atomic mass is 32.1. The Bertz CT molecular complexity index is 5860. The number of aromatic nitrogens is 2. The number of hydrogen-bond acceptors (Lipinski definition) is 3. The highest BCUT2D eigenvalue weighted by Crippen LogP contribution is 2.56. The maximum atomic E-state index is 12.5. The second-order valence-electron chi connectivity index (χ2n) is 18.3. The largest absolute Gasteiger partial charge is 0.318 e. The predicted octanol–water partition coefficient (Wildman–Crippen LogP) is 19.8. The van der Waals surface area contributed by atoms with Gasteiger partial charge in [0.1, 0.15) is 6.07 Å². The normalized spacial score (nSPS) is 14.3. The van der Waals surface area contributed by atoms with Gasteiger partial charge in [-0.3, -0.25) is 0 Å². The third kappa shape index (κ3) is 5.43. The summed E-state index contributed by atoms with van der Waals surface area (Å²) in [5.41, 5.74) is 3.97. The van der Waals surface area contributed by atoms with E-state index in [1.807, 2.05) is 149 Å². The van der Waals surface area contributed by atoms with Crippen molar-refractivity contribution >= 4 is 134 Å². The lowest BCUT2D eigenvalue weighted by Crippen LogP contribution is -2.09. The van der Waals surface area contributed by atoms with Crippen LogP contribution < -0.4 is 0 Å². The average molecular weight is 985 g/mol. The van der Waals surface area contributed by atoms with Gasteiger partial charge in [-0.25, -0.2) is 4.85 Å². The number of nitrogens with zero attached hydrogens (tertiary/aromatic N) is 4. The molecule has 340 valence electrons. The molecule has 0 saturated carbocycles. The first-order chi connectivity index (χ1) is 41.7. The summed E-state index contributed by atoms with van der Waals surface area (Å²) in [6.45, 7) is 9.53. The van der Waals surface area contributed by atoms with E-state index in [2.05, 4.69) is 10.9 Å². The number of fused-ring (bicyclic) bond motifs is 14. The maximum Gasteiger partial charge on any atom is 0.220 e. The van der Waals surface area contributed by atoms with Gasteiger partial charge in [0.2, 0.25) is 5.69 Å². The van der Waals surface area contributed by atoms with E-state index >= 15 is 0 Å². The molecule has 4 heterocycles. The molecule has 0 radical (unpaired) electrons. The lowest BCUT2D eigenvalue weighted by atomic mass is 9.88. The van der Waals surface area contributed by atoms with Crippen LogP contribution in [0.25, 0.3) is 155 Å². The molecule has 16 rings (SSSR count). The van der Waals surface area contributed by atoms with Gasteiger partial charge in [-0.15, -0.1) is 22.7 Å². The van der Waals surface area contributed by atoms with Crippen LogP contribution in [0.15, 0.2) is 218 Å². The summed E-state index contributed by atoms with van der Waals surface area (Å²) < 4.78 is 119. The SMILES string of the molecule is [2H]c1c([2H])c([2H])c(-c2cc3c(sc4c([2H])c([2H])c([2H])c([2H])c43)c3c2c2ccc4c5ccccc5sc4c2n3-c2c(C#N)c(-c3ccccc3)c([N+]#[C-])c(-n3c4cccc5c6ccccc6c6c([2H])c([2H])c([2H])c3c6c54)c2-c2ccccc2)c([2H])c1[2H]. The Hall–Kier alpha value is -9.56. The molecule has 0 N–H and O–H groups in total. The molecule has 0 spiro atoms. The molecule has 74 heavy (non-hydrogen) atoms. The molecule has 0 aliphatic carbocycles. The van der Waals surface area contributed by atoms with Crippen LogP contribution in [0.5, 0.6) is 0 Å². The third-order valence-corrected chi connectivity index (χ3v) is 17.0. The van der Waals surface area contributed by atoms with E-state index < -0.39 is 42.3 Å². The van der Waals surface area contributed by atoms with Crippen LogP contribution >= 0.6 is 22.7 Å². The van der Waals surface area contributed by atoms with Gasteiger partial charge in [0, 0.05) is 63.6 Å². The molecule has 16 aromatic rings. The minimum absolute atomic E-state index is 0.0435. The monoisotopic (exact) mass is 984 g/mol. The number of rotatable bonds is 5. The summed E-state index contributed by atoms with van der Waals surface area (Å²) in [7, 11) is 0. The van der Waals surface area contributed by atoms with Crippen molar-refractivity contribution in [3.63, 3.8) is 0 Å². The quantitative estimate of drug-likeness (QED) is 0.125. The number of hydrogen-bond donors (Lipinski definition) is 0.